The largest absolute Gasteiger partial charge is 0.434 e. The van der Waals surface area contributed by atoms with Crippen LogP contribution in [-0.4, -0.2) is 33.4 Å². The fraction of sp³-hybridized carbons (Fsp3) is 0.333. The Morgan fingerprint density at radius 1 is 1.20 bits per heavy atom. The molecule has 0 fully saturated rings. The number of amides is 1. The number of hydrogen-bond donors (Lipinski definition) is 4. The summed E-state index contributed by atoms with van der Waals surface area (Å²) in [5.74, 6) is -0.620. The van der Waals surface area contributed by atoms with Crippen molar-refractivity contribution in [1.29, 1.82) is 0 Å². The molecular weight excluding hydrogens is 435 g/mol. The molecule has 5 N–H and O–H groups in total. The molecule has 0 aliphatic carbocycles. The van der Waals surface area contributed by atoms with Crippen LogP contribution in [0, 0.1) is 5.92 Å². The van der Waals surface area contributed by atoms with Crippen molar-refractivity contribution in [2.45, 2.75) is 33.0 Å². The summed E-state index contributed by atoms with van der Waals surface area (Å²) in [5.41, 5.74) is 5.99. The predicted molar refractivity (Wildman–Crippen MR) is 113 cm³/mol. The molecule has 1 aliphatic heterocycles. The van der Waals surface area contributed by atoms with E-state index in [9.17, 15) is 14.7 Å². The molecule has 1 amide bonds. The quantitative estimate of drug-likeness (QED) is 0.540. The molecule has 1 aromatic heterocycles. The van der Waals surface area contributed by atoms with Crippen molar-refractivity contribution in [3.8, 4) is 11.6 Å². The molecule has 1 aliphatic rings. The van der Waals surface area contributed by atoms with Crippen LogP contribution in [-0.2, 0) is 4.79 Å². The van der Waals surface area contributed by atoms with Crippen molar-refractivity contribution in [2.24, 2.45) is 16.8 Å². The van der Waals surface area contributed by atoms with Gasteiger partial charge < -0.3 is 20.9 Å². The molecule has 0 spiro atoms. The van der Waals surface area contributed by atoms with Gasteiger partial charge in [-0.2, -0.15) is 0 Å². The third-order valence-corrected chi connectivity index (χ3v) is 5.26. The molecule has 12 heteroatoms. The fourth-order valence-electron chi connectivity index (χ4n) is 2.70. The monoisotopic (exact) mass is 454 g/mol. The van der Waals surface area contributed by atoms with Gasteiger partial charge in [0, 0.05) is 11.6 Å². The zero-order valence-corrected chi connectivity index (χ0v) is 17.8. The lowest BCUT2D eigenvalue weighted by Crippen LogP contribution is -2.55. The maximum Gasteiger partial charge on any atom is 0.291 e. The molecule has 2 atom stereocenters. The number of anilines is 1. The summed E-state index contributed by atoms with van der Waals surface area (Å²) in [6.45, 7) is 5.94. The summed E-state index contributed by atoms with van der Waals surface area (Å²) >= 11 is 12.6. The first-order chi connectivity index (χ1) is 14.1. The number of hydrogen-bond acceptors (Lipinski definition) is 8. The number of aromatic nitrogens is 2. The van der Waals surface area contributed by atoms with Gasteiger partial charge >= 0.3 is 0 Å². The van der Waals surface area contributed by atoms with Gasteiger partial charge in [0.25, 0.3) is 11.5 Å². The second-order valence-electron chi connectivity index (χ2n) is 7.04. The molecule has 10 nitrogen and oxygen atoms in total. The van der Waals surface area contributed by atoms with Gasteiger partial charge in [-0.3, -0.25) is 9.59 Å². The standard InChI is InChI=1S/C18H20Cl2N6O4/c1-7(2)8(3)10-6-13(23-24-16(10)27)30-14-11(19)4-9(5-12(14)20)26-18(29)22-17(28)15(21)25-26/h4-8,18,29H,1-3H3,(H2,21,25)(H,22,28)(H,24,27)/t8-,18?/m1/s1. The van der Waals surface area contributed by atoms with Gasteiger partial charge in [0.05, 0.1) is 15.7 Å². The highest BCUT2D eigenvalue weighted by molar-refractivity contribution is 6.38. The topological polar surface area (TPSA) is 146 Å². The van der Waals surface area contributed by atoms with Crippen molar-refractivity contribution in [3.05, 3.63) is 44.2 Å². The first-order valence-corrected chi connectivity index (χ1v) is 9.72. The lowest BCUT2D eigenvalue weighted by atomic mass is 9.91. The lowest BCUT2D eigenvalue weighted by Gasteiger charge is -2.29. The highest BCUT2D eigenvalue weighted by Gasteiger charge is 2.27. The molecular formula is C18H20Cl2N6O4. The fourth-order valence-corrected chi connectivity index (χ4v) is 3.25. The molecule has 1 aromatic carbocycles. The average Bonchev–Trinajstić information content (AvgIpc) is 2.68. The van der Waals surface area contributed by atoms with Crippen LogP contribution in [0.2, 0.25) is 10.0 Å². The molecule has 0 radical (unpaired) electrons. The Kier molecular flexibility index (Phi) is 6.20. The van der Waals surface area contributed by atoms with Crippen molar-refractivity contribution in [2.75, 3.05) is 5.01 Å². The number of amidine groups is 1. The summed E-state index contributed by atoms with van der Waals surface area (Å²) in [5, 5.41) is 23.6. The summed E-state index contributed by atoms with van der Waals surface area (Å²) in [6, 6.07) is 4.38. The number of ether oxygens (including phenoxy) is 1. The van der Waals surface area contributed by atoms with Crippen LogP contribution in [0.15, 0.2) is 28.1 Å². The average molecular weight is 455 g/mol. The van der Waals surface area contributed by atoms with E-state index in [1.54, 1.807) is 6.07 Å². The van der Waals surface area contributed by atoms with Crippen LogP contribution in [0.1, 0.15) is 32.3 Å². The summed E-state index contributed by atoms with van der Waals surface area (Å²) in [7, 11) is 0. The van der Waals surface area contributed by atoms with Crippen LogP contribution in [0.4, 0.5) is 5.69 Å². The molecule has 30 heavy (non-hydrogen) atoms. The van der Waals surface area contributed by atoms with Gasteiger partial charge in [-0.25, -0.2) is 10.1 Å². The summed E-state index contributed by atoms with van der Waals surface area (Å²) in [4.78, 5) is 23.6. The summed E-state index contributed by atoms with van der Waals surface area (Å²) in [6.07, 6.45) is -1.45. The number of carbonyl (C=O) groups excluding carboxylic acids is 1. The van der Waals surface area contributed by atoms with Gasteiger partial charge in [0.2, 0.25) is 18.1 Å². The number of rotatable bonds is 5. The third kappa shape index (κ3) is 4.35. The normalized spacial score (nSPS) is 17.6. The zero-order chi connectivity index (χ0) is 22.2. The Bertz CT molecular complexity index is 1050. The maximum atomic E-state index is 12.1. The highest BCUT2D eigenvalue weighted by Crippen LogP contribution is 2.40. The van der Waals surface area contributed by atoms with Crippen LogP contribution < -0.4 is 26.4 Å². The number of carbonyl (C=O) groups is 1. The van der Waals surface area contributed by atoms with Crippen LogP contribution in [0.25, 0.3) is 0 Å². The minimum Gasteiger partial charge on any atom is -0.434 e. The second kappa shape index (κ2) is 8.50. The van der Waals surface area contributed by atoms with Gasteiger partial charge in [-0.15, -0.1) is 10.2 Å². The number of aliphatic hydroxyl groups excluding tert-OH is 1. The van der Waals surface area contributed by atoms with E-state index < -0.39 is 12.3 Å². The first kappa shape index (κ1) is 21.9. The van der Waals surface area contributed by atoms with Gasteiger partial charge in [-0.1, -0.05) is 44.0 Å². The van der Waals surface area contributed by atoms with Crippen LogP contribution in [0.5, 0.6) is 11.6 Å². The first-order valence-electron chi connectivity index (χ1n) is 8.97. The second-order valence-corrected chi connectivity index (χ2v) is 7.86. The smallest absolute Gasteiger partial charge is 0.291 e. The Morgan fingerprint density at radius 2 is 1.83 bits per heavy atom. The van der Waals surface area contributed by atoms with Crippen molar-refractivity contribution < 1.29 is 14.6 Å². The Morgan fingerprint density at radius 3 is 2.43 bits per heavy atom. The minimum absolute atomic E-state index is 0.0217. The van der Waals surface area contributed by atoms with E-state index >= 15 is 0 Å². The van der Waals surface area contributed by atoms with E-state index in [4.69, 9.17) is 33.7 Å². The van der Waals surface area contributed by atoms with Crippen molar-refractivity contribution >= 4 is 40.6 Å². The van der Waals surface area contributed by atoms with Crippen LogP contribution in [0.3, 0.4) is 0 Å². The van der Waals surface area contributed by atoms with Gasteiger partial charge in [-0.05, 0) is 24.0 Å². The number of nitrogens with one attached hydrogen (secondary N) is 2. The number of H-pyrrole nitrogens is 1. The number of hydrazone groups is 1. The van der Waals surface area contributed by atoms with E-state index in [2.05, 4.69) is 20.6 Å². The molecule has 1 unspecified atom stereocenters. The van der Waals surface area contributed by atoms with E-state index in [-0.39, 0.29) is 50.6 Å². The number of benzene rings is 1. The molecule has 0 bridgehead atoms. The lowest BCUT2D eigenvalue weighted by molar-refractivity contribution is -0.118. The van der Waals surface area contributed by atoms with Crippen LogP contribution >= 0.6 is 23.2 Å². The number of aromatic amines is 1. The Labute approximate surface area is 181 Å². The summed E-state index contributed by atoms with van der Waals surface area (Å²) < 4.78 is 5.72. The molecule has 2 aromatic rings. The van der Waals surface area contributed by atoms with Gasteiger partial charge in [0.15, 0.2) is 5.75 Å². The van der Waals surface area contributed by atoms with Crippen molar-refractivity contribution in [3.63, 3.8) is 0 Å². The third-order valence-electron chi connectivity index (χ3n) is 4.69. The number of halogens is 2. The number of nitrogens with two attached hydrogens (primary N) is 1. The number of nitrogens with zero attached hydrogens (tertiary/aromatic N) is 3. The molecule has 160 valence electrons. The Hall–Kier alpha value is -2.82. The Balaban J connectivity index is 1.93. The highest BCUT2D eigenvalue weighted by atomic mass is 35.5. The SMILES string of the molecule is CC(C)[C@@H](C)c1cc(Oc2c(Cl)cc(N3N=C(N)C(=O)NC3O)cc2Cl)n[nH]c1=O. The molecule has 0 saturated heterocycles. The van der Waals surface area contributed by atoms with E-state index in [0.29, 0.717) is 5.56 Å². The molecule has 3 rings (SSSR count). The maximum absolute atomic E-state index is 12.1. The molecule has 2 heterocycles. The predicted octanol–water partition coefficient (Wildman–Crippen LogP) is 2.11. The van der Waals surface area contributed by atoms with E-state index in [1.807, 2.05) is 20.8 Å². The van der Waals surface area contributed by atoms with Crippen molar-refractivity contribution in [1.82, 2.24) is 15.5 Å². The zero-order valence-electron chi connectivity index (χ0n) is 16.3. The van der Waals surface area contributed by atoms with Gasteiger partial charge in [0.1, 0.15) is 0 Å². The van der Waals surface area contributed by atoms with E-state index in [0.717, 1.165) is 5.01 Å². The number of aliphatic hydroxyl groups is 1. The minimum atomic E-state index is -1.45. The molecule has 0 saturated carbocycles. The van der Waals surface area contributed by atoms with E-state index in [1.165, 1.54) is 12.1 Å².